The van der Waals surface area contributed by atoms with Gasteiger partial charge in [-0.05, 0) is 96.2 Å². The lowest BCUT2D eigenvalue weighted by Crippen LogP contribution is -2.29. The van der Waals surface area contributed by atoms with E-state index in [1.807, 2.05) is 0 Å². The number of carbonyl (C=O) groups is 1. The molecular formula is C26H27F2IN4O5S. The monoisotopic (exact) mass is 672 g/mol. The van der Waals surface area contributed by atoms with E-state index in [1.165, 1.54) is 6.20 Å². The van der Waals surface area contributed by atoms with Crippen molar-refractivity contribution in [3.05, 3.63) is 80.2 Å². The fourth-order valence-electron chi connectivity index (χ4n) is 3.79. The Hall–Kier alpha value is -2.72. The third-order valence-electron chi connectivity index (χ3n) is 6.13. The Morgan fingerprint density at radius 2 is 1.97 bits per heavy atom. The molecule has 4 rings (SSSR count). The van der Waals surface area contributed by atoms with Crippen molar-refractivity contribution in [2.24, 2.45) is 5.92 Å². The topological polar surface area (TPSA) is 130 Å². The molecule has 0 atom stereocenters. The number of hydrogen-bond donors (Lipinski definition) is 4. The lowest BCUT2D eigenvalue weighted by molar-refractivity contribution is 0.0270. The highest BCUT2D eigenvalue weighted by Gasteiger charge is 2.30. The maximum Gasteiger partial charge on any atom is 0.277 e. The Kier molecular flexibility index (Phi) is 9.48. The third-order valence-corrected chi connectivity index (χ3v) is 8.20. The number of carbonyl (C=O) groups excluding carboxylic acids is 1. The smallest absolute Gasteiger partial charge is 0.277 e. The summed E-state index contributed by atoms with van der Waals surface area (Å²) in [6.45, 7) is 1.48. The highest BCUT2D eigenvalue weighted by molar-refractivity contribution is 14.1. The summed E-state index contributed by atoms with van der Waals surface area (Å²) in [5.41, 5.74) is 3.23. The number of halogens is 3. The zero-order valence-corrected chi connectivity index (χ0v) is 23.9. The number of anilines is 2. The SMILES string of the molecule is Cc1cc(I)ccc1Nc1c(C(=O)NOCC2CC2)cc(S(=O)(=O)NCc2ncccc2CCO)c(F)c1F. The van der Waals surface area contributed by atoms with Gasteiger partial charge in [0.25, 0.3) is 5.91 Å². The molecule has 4 N–H and O–H groups in total. The Morgan fingerprint density at radius 3 is 2.67 bits per heavy atom. The van der Waals surface area contributed by atoms with Gasteiger partial charge in [-0.25, -0.2) is 27.4 Å². The van der Waals surface area contributed by atoms with Crippen molar-refractivity contribution in [1.82, 2.24) is 15.2 Å². The number of aromatic nitrogens is 1. The van der Waals surface area contributed by atoms with Crippen molar-refractivity contribution in [1.29, 1.82) is 0 Å². The number of hydroxylamine groups is 1. The molecule has 3 aromatic rings. The average molecular weight is 672 g/mol. The van der Waals surface area contributed by atoms with Crippen LogP contribution in [0.5, 0.6) is 0 Å². The van der Waals surface area contributed by atoms with Gasteiger partial charge in [0, 0.05) is 22.1 Å². The first-order valence-corrected chi connectivity index (χ1v) is 14.7. The predicted molar refractivity (Wildman–Crippen MR) is 149 cm³/mol. The van der Waals surface area contributed by atoms with Crippen molar-refractivity contribution >= 4 is 49.9 Å². The lowest BCUT2D eigenvalue weighted by Gasteiger charge is -2.18. The molecule has 0 saturated heterocycles. The summed E-state index contributed by atoms with van der Waals surface area (Å²) in [6.07, 6.45) is 3.61. The van der Waals surface area contributed by atoms with Crippen LogP contribution in [-0.4, -0.2) is 37.6 Å². The van der Waals surface area contributed by atoms with Gasteiger partial charge in [-0.15, -0.1) is 0 Å². The molecule has 1 amide bonds. The van der Waals surface area contributed by atoms with Crippen LogP contribution in [0.1, 0.15) is 40.0 Å². The first kappa shape index (κ1) is 29.3. The van der Waals surface area contributed by atoms with Crippen molar-refractivity contribution < 1.29 is 31.9 Å². The second kappa shape index (κ2) is 12.6. The summed E-state index contributed by atoms with van der Waals surface area (Å²) in [5.74, 6) is -3.82. The standard InChI is InChI=1S/C26H27F2IN4O5S/c1-15-11-18(29)6-7-20(15)32-25-19(26(35)33-38-14-16-4-5-16)12-22(23(27)24(25)28)39(36,37)31-13-21-17(8-10-34)3-2-9-30-21/h2-3,6-7,9,11-12,16,31-32,34H,4-5,8,10,13-14H2,1H3,(H,33,35). The molecule has 208 valence electrons. The second-order valence-corrected chi connectivity index (χ2v) is 12.1. The number of nitrogens with one attached hydrogen (secondary N) is 3. The van der Waals surface area contributed by atoms with Crippen LogP contribution in [0.2, 0.25) is 0 Å². The van der Waals surface area contributed by atoms with Crippen LogP contribution in [0.25, 0.3) is 0 Å². The first-order valence-electron chi connectivity index (χ1n) is 12.1. The highest BCUT2D eigenvalue weighted by atomic mass is 127. The number of sulfonamides is 1. The fraction of sp³-hybridized carbons (Fsp3) is 0.308. The second-order valence-electron chi connectivity index (χ2n) is 9.10. The van der Waals surface area contributed by atoms with E-state index in [0.717, 1.165) is 22.5 Å². The van der Waals surface area contributed by atoms with E-state index in [0.29, 0.717) is 28.4 Å². The highest BCUT2D eigenvalue weighted by Crippen LogP contribution is 2.33. The number of aliphatic hydroxyl groups excluding tert-OH is 1. The van der Waals surface area contributed by atoms with Crippen LogP contribution < -0.4 is 15.5 Å². The summed E-state index contributed by atoms with van der Waals surface area (Å²) in [5, 5.41) is 12.0. The number of amides is 1. The Balaban J connectivity index is 1.69. The molecule has 1 aliphatic carbocycles. The van der Waals surface area contributed by atoms with Crippen LogP contribution in [0.15, 0.2) is 47.5 Å². The molecule has 39 heavy (non-hydrogen) atoms. The minimum Gasteiger partial charge on any atom is -0.396 e. The number of nitrogens with zero attached hydrogens (tertiary/aromatic N) is 1. The van der Waals surface area contributed by atoms with Gasteiger partial charge >= 0.3 is 0 Å². The molecule has 0 radical (unpaired) electrons. The van der Waals surface area contributed by atoms with Crippen molar-refractivity contribution in [3.8, 4) is 0 Å². The quantitative estimate of drug-likeness (QED) is 0.169. The van der Waals surface area contributed by atoms with E-state index >= 15 is 8.78 Å². The molecule has 1 heterocycles. The van der Waals surface area contributed by atoms with Gasteiger partial charge in [-0.3, -0.25) is 14.6 Å². The first-order chi connectivity index (χ1) is 18.6. The van der Waals surface area contributed by atoms with Gasteiger partial charge in [0.1, 0.15) is 4.90 Å². The van der Waals surface area contributed by atoms with Crippen LogP contribution in [0.4, 0.5) is 20.2 Å². The third kappa shape index (κ3) is 7.28. The van der Waals surface area contributed by atoms with E-state index in [4.69, 9.17) is 4.84 Å². The molecule has 1 fully saturated rings. The number of aliphatic hydroxyl groups is 1. The Morgan fingerprint density at radius 1 is 1.21 bits per heavy atom. The maximum absolute atomic E-state index is 15.5. The van der Waals surface area contributed by atoms with E-state index in [1.54, 1.807) is 37.3 Å². The molecule has 1 aliphatic rings. The normalized spacial score (nSPS) is 13.4. The minimum absolute atomic E-state index is 0.179. The van der Waals surface area contributed by atoms with Gasteiger partial charge in [-0.1, -0.05) is 6.07 Å². The Bertz CT molecular complexity index is 1490. The summed E-state index contributed by atoms with van der Waals surface area (Å²) in [4.78, 5) is 21.3. The van der Waals surface area contributed by atoms with Crippen LogP contribution in [-0.2, 0) is 27.8 Å². The zero-order valence-electron chi connectivity index (χ0n) is 20.9. The van der Waals surface area contributed by atoms with Gasteiger partial charge < -0.3 is 10.4 Å². The summed E-state index contributed by atoms with van der Waals surface area (Å²) in [7, 11) is -4.64. The lowest BCUT2D eigenvalue weighted by atomic mass is 10.1. The molecule has 0 unspecified atom stereocenters. The Labute approximate surface area is 238 Å². The van der Waals surface area contributed by atoms with Gasteiger partial charge in [0.05, 0.1) is 30.1 Å². The molecule has 1 aromatic heterocycles. The summed E-state index contributed by atoms with van der Waals surface area (Å²) in [6, 6.07) is 9.27. The predicted octanol–water partition coefficient (Wildman–Crippen LogP) is 4.10. The largest absolute Gasteiger partial charge is 0.396 e. The molecule has 0 aliphatic heterocycles. The van der Waals surface area contributed by atoms with E-state index in [-0.39, 0.29) is 26.2 Å². The summed E-state index contributed by atoms with van der Waals surface area (Å²) >= 11 is 2.11. The van der Waals surface area contributed by atoms with Gasteiger partial charge in [-0.2, -0.15) is 0 Å². The molecule has 9 nitrogen and oxygen atoms in total. The van der Waals surface area contributed by atoms with E-state index in [2.05, 4.69) is 43.1 Å². The summed E-state index contributed by atoms with van der Waals surface area (Å²) < 4.78 is 60.2. The zero-order chi connectivity index (χ0) is 28.2. The number of aryl methyl sites for hydroxylation is 1. The number of pyridine rings is 1. The van der Waals surface area contributed by atoms with Crippen molar-refractivity contribution in [2.75, 3.05) is 18.5 Å². The number of hydrogen-bond acceptors (Lipinski definition) is 7. The van der Waals surface area contributed by atoms with Gasteiger partial charge in [0.2, 0.25) is 10.0 Å². The maximum atomic E-state index is 15.5. The minimum atomic E-state index is -4.64. The molecule has 13 heteroatoms. The average Bonchev–Trinajstić information content (AvgIpc) is 3.72. The number of rotatable bonds is 12. The van der Waals surface area contributed by atoms with Crippen molar-refractivity contribution in [3.63, 3.8) is 0 Å². The molecule has 1 saturated carbocycles. The van der Waals surface area contributed by atoms with Crippen LogP contribution >= 0.6 is 22.6 Å². The van der Waals surface area contributed by atoms with Crippen LogP contribution in [0.3, 0.4) is 0 Å². The van der Waals surface area contributed by atoms with E-state index < -0.39 is 43.7 Å². The van der Waals surface area contributed by atoms with Gasteiger partial charge in [0.15, 0.2) is 11.6 Å². The number of benzene rings is 2. The van der Waals surface area contributed by atoms with E-state index in [9.17, 15) is 18.3 Å². The molecule has 0 bridgehead atoms. The fourth-order valence-corrected chi connectivity index (χ4v) is 5.51. The molecule has 2 aromatic carbocycles. The van der Waals surface area contributed by atoms with Crippen molar-refractivity contribution in [2.45, 2.75) is 37.6 Å². The van der Waals surface area contributed by atoms with Crippen LogP contribution in [0, 0.1) is 28.0 Å². The molecule has 0 spiro atoms. The molecular weight excluding hydrogens is 645 g/mol.